The van der Waals surface area contributed by atoms with Crippen molar-refractivity contribution in [2.45, 2.75) is 13.0 Å². The standard InChI is InChI=1S/C16H15FN2O2/c1-12(21-14-8-3-2-4-9-14)16(20)19-18-11-13-7-5-6-10-15(13)17/h2-12H,1H3,(H,19,20)/b18-11+. The number of hydrazone groups is 1. The molecule has 2 aromatic rings. The minimum absolute atomic E-state index is 0.300. The zero-order valence-electron chi connectivity index (χ0n) is 11.5. The Morgan fingerprint density at radius 3 is 2.57 bits per heavy atom. The van der Waals surface area contributed by atoms with Crippen molar-refractivity contribution < 1.29 is 13.9 Å². The summed E-state index contributed by atoms with van der Waals surface area (Å²) in [6, 6.07) is 15.2. The lowest BCUT2D eigenvalue weighted by Crippen LogP contribution is -2.33. The number of ether oxygens (including phenoxy) is 1. The normalized spacial score (nSPS) is 12.1. The number of hydrogen-bond acceptors (Lipinski definition) is 3. The van der Waals surface area contributed by atoms with Gasteiger partial charge < -0.3 is 4.74 Å². The fourth-order valence-electron chi connectivity index (χ4n) is 1.59. The van der Waals surface area contributed by atoms with E-state index in [0.717, 1.165) is 0 Å². The quantitative estimate of drug-likeness (QED) is 0.678. The predicted molar refractivity (Wildman–Crippen MR) is 78.7 cm³/mol. The summed E-state index contributed by atoms with van der Waals surface area (Å²) in [5.74, 6) is -0.214. The van der Waals surface area contributed by atoms with E-state index in [-0.39, 0.29) is 0 Å². The van der Waals surface area contributed by atoms with E-state index in [1.807, 2.05) is 18.2 Å². The second kappa shape index (κ2) is 7.19. The van der Waals surface area contributed by atoms with Gasteiger partial charge in [0, 0.05) is 5.56 Å². The summed E-state index contributed by atoms with van der Waals surface area (Å²) in [6.07, 6.45) is 0.549. The van der Waals surface area contributed by atoms with Crippen LogP contribution in [-0.4, -0.2) is 18.2 Å². The highest BCUT2D eigenvalue weighted by Crippen LogP contribution is 2.10. The summed E-state index contributed by atoms with van der Waals surface area (Å²) in [4.78, 5) is 11.8. The molecule has 1 atom stereocenters. The van der Waals surface area contributed by atoms with Crippen LogP contribution in [0, 0.1) is 5.82 Å². The molecular weight excluding hydrogens is 271 g/mol. The Balaban J connectivity index is 1.88. The summed E-state index contributed by atoms with van der Waals surface area (Å²) < 4.78 is 18.8. The Bertz CT molecular complexity index is 629. The number of carbonyl (C=O) groups excluding carboxylic acids is 1. The molecule has 1 amide bonds. The van der Waals surface area contributed by atoms with Gasteiger partial charge in [-0.25, -0.2) is 9.82 Å². The first-order chi connectivity index (χ1) is 10.2. The van der Waals surface area contributed by atoms with E-state index in [1.54, 1.807) is 37.3 Å². The van der Waals surface area contributed by atoms with Crippen molar-refractivity contribution in [1.29, 1.82) is 0 Å². The number of hydrogen-bond donors (Lipinski definition) is 1. The van der Waals surface area contributed by atoms with Crippen molar-refractivity contribution in [2.24, 2.45) is 5.10 Å². The molecule has 0 aliphatic rings. The first-order valence-corrected chi connectivity index (χ1v) is 6.46. The molecule has 5 heteroatoms. The number of carbonyl (C=O) groups is 1. The van der Waals surface area contributed by atoms with Gasteiger partial charge in [0.15, 0.2) is 6.10 Å². The average Bonchev–Trinajstić information content (AvgIpc) is 2.50. The fraction of sp³-hybridized carbons (Fsp3) is 0.125. The third-order valence-electron chi connectivity index (χ3n) is 2.71. The van der Waals surface area contributed by atoms with Crippen molar-refractivity contribution in [2.75, 3.05) is 0 Å². The molecule has 0 spiro atoms. The molecule has 1 unspecified atom stereocenters. The SMILES string of the molecule is CC(Oc1ccccc1)C(=O)N/N=C/c1ccccc1F. The Morgan fingerprint density at radius 2 is 1.86 bits per heavy atom. The van der Waals surface area contributed by atoms with Crippen LogP contribution >= 0.6 is 0 Å². The van der Waals surface area contributed by atoms with Crippen LogP contribution in [-0.2, 0) is 4.79 Å². The Morgan fingerprint density at radius 1 is 1.19 bits per heavy atom. The molecule has 0 heterocycles. The second-order valence-corrected chi connectivity index (χ2v) is 4.33. The molecule has 0 saturated carbocycles. The molecule has 4 nitrogen and oxygen atoms in total. The number of nitrogens with zero attached hydrogens (tertiary/aromatic N) is 1. The largest absolute Gasteiger partial charge is 0.481 e. The van der Waals surface area contributed by atoms with Gasteiger partial charge >= 0.3 is 0 Å². The van der Waals surface area contributed by atoms with Crippen LogP contribution in [0.3, 0.4) is 0 Å². The van der Waals surface area contributed by atoms with Crippen molar-refractivity contribution in [3.63, 3.8) is 0 Å². The molecule has 2 aromatic carbocycles. The zero-order chi connectivity index (χ0) is 15.1. The Kier molecular flexibility index (Phi) is 5.04. The molecule has 1 N–H and O–H groups in total. The summed E-state index contributed by atoms with van der Waals surface area (Å²) in [5, 5.41) is 3.72. The van der Waals surface area contributed by atoms with Gasteiger partial charge in [0.2, 0.25) is 0 Å². The van der Waals surface area contributed by atoms with Crippen LogP contribution in [0.4, 0.5) is 4.39 Å². The molecule has 0 aliphatic carbocycles. The van der Waals surface area contributed by atoms with Gasteiger partial charge in [-0.05, 0) is 25.1 Å². The molecule has 0 aliphatic heterocycles. The maximum atomic E-state index is 13.3. The van der Waals surface area contributed by atoms with Gasteiger partial charge in [0.25, 0.3) is 5.91 Å². The van der Waals surface area contributed by atoms with Crippen LogP contribution in [0.15, 0.2) is 59.7 Å². The van der Waals surface area contributed by atoms with Gasteiger partial charge in [-0.2, -0.15) is 5.10 Å². The van der Waals surface area contributed by atoms with Crippen LogP contribution in [0.1, 0.15) is 12.5 Å². The van der Waals surface area contributed by atoms with Crippen molar-refractivity contribution in [1.82, 2.24) is 5.43 Å². The van der Waals surface area contributed by atoms with E-state index in [1.165, 1.54) is 12.3 Å². The highest BCUT2D eigenvalue weighted by Gasteiger charge is 2.13. The molecule has 108 valence electrons. The summed E-state index contributed by atoms with van der Waals surface area (Å²) in [5.41, 5.74) is 2.62. The predicted octanol–water partition coefficient (Wildman–Crippen LogP) is 2.74. The van der Waals surface area contributed by atoms with Gasteiger partial charge in [-0.3, -0.25) is 4.79 Å². The van der Waals surface area contributed by atoms with Gasteiger partial charge in [0.05, 0.1) is 6.21 Å². The molecule has 0 bridgehead atoms. The number of benzene rings is 2. The van der Waals surface area contributed by atoms with E-state index in [4.69, 9.17) is 4.74 Å². The minimum Gasteiger partial charge on any atom is -0.481 e. The number of amides is 1. The third-order valence-corrected chi connectivity index (χ3v) is 2.71. The molecule has 0 aromatic heterocycles. The van der Waals surface area contributed by atoms with E-state index in [0.29, 0.717) is 11.3 Å². The van der Waals surface area contributed by atoms with Gasteiger partial charge in [-0.1, -0.05) is 36.4 Å². The zero-order valence-corrected chi connectivity index (χ0v) is 11.5. The van der Waals surface area contributed by atoms with Gasteiger partial charge in [-0.15, -0.1) is 0 Å². The van der Waals surface area contributed by atoms with Gasteiger partial charge in [0.1, 0.15) is 11.6 Å². The molecule has 0 radical (unpaired) electrons. The smallest absolute Gasteiger partial charge is 0.280 e. The van der Waals surface area contributed by atoms with E-state index in [9.17, 15) is 9.18 Å². The Hall–Kier alpha value is -2.69. The summed E-state index contributed by atoms with van der Waals surface area (Å²) in [7, 11) is 0. The summed E-state index contributed by atoms with van der Waals surface area (Å²) in [6.45, 7) is 1.61. The third kappa shape index (κ3) is 4.42. The van der Waals surface area contributed by atoms with Crippen molar-refractivity contribution in [3.05, 3.63) is 66.0 Å². The number of nitrogens with one attached hydrogen (secondary N) is 1. The highest BCUT2D eigenvalue weighted by atomic mass is 19.1. The first kappa shape index (κ1) is 14.7. The Labute approximate surface area is 122 Å². The maximum absolute atomic E-state index is 13.3. The molecule has 0 fully saturated rings. The minimum atomic E-state index is -0.704. The second-order valence-electron chi connectivity index (χ2n) is 4.33. The van der Waals surface area contributed by atoms with Crippen molar-refractivity contribution >= 4 is 12.1 Å². The summed E-state index contributed by atoms with van der Waals surface area (Å²) >= 11 is 0. The maximum Gasteiger partial charge on any atom is 0.280 e. The molecule has 21 heavy (non-hydrogen) atoms. The lowest BCUT2D eigenvalue weighted by Gasteiger charge is -2.12. The molecule has 0 saturated heterocycles. The lowest BCUT2D eigenvalue weighted by molar-refractivity contribution is -0.127. The molecule has 2 rings (SSSR count). The first-order valence-electron chi connectivity index (χ1n) is 6.46. The number of para-hydroxylation sites is 1. The fourth-order valence-corrected chi connectivity index (χ4v) is 1.59. The van der Waals surface area contributed by atoms with Crippen LogP contribution in [0.25, 0.3) is 0 Å². The van der Waals surface area contributed by atoms with Crippen molar-refractivity contribution in [3.8, 4) is 5.75 Å². The number of rotatable bonds is 5. The monoisotopic (exact) mass is 286 g/mol. The van der Waals surface area contributed by atoms with E-state index in [2.05, 4.69) is 10.5 Å². The lowest BCUT2D eigenvalue weighted by atomic mass is 10.2. The van der Waals surface area contributed by atoms with Crippen LogP contribution in [0.5, 0.6) is 5.75 Å². The van der Waals surface area contributed by atoms with E-state index >= 15 is 0 Å². The number of halogens is 1. The van der Waals surface area contributed by atoms with E-state index < -0.39 is 17.8 Å². The molecular formula is C16H15FN2O2. The topological polar surface area (TPSA) is 50.7 Å². The highest BCUT2D eigenvalue weighted by molar-refractivity contribution is 5.84. The van der Waals surface area contributed by atoms with Crippen LogP contribution < -0.4 is 10.2 Å². The average molecular weight is 286 g/mol. The van der Waals surface area contributed by atoms with Crippen LogP contribution in [0.2, 0.25) is 0 Å².